The van der Waals surface area contributed by atoms with Crippen molar-refractivity contribution in [3.8, 4) is 0 Å². The van der Waals surface area contributed by atoms with E-state index in [1.165, 1.54) is 18.6 Å². The second kappa shape index (κ2) is 10.5. The first kappa shape index (κ1) is 21.5. The van der Waals surface area contributed by atoms with Crippen molar-refractivity contribution in [3.63, 3.8) is 0 Å². The Morgan fingerprint density at radius 2 is 1.82 bits per heavy atom. The van der Waals surface area contributed by atoms with E-state index < -0.39 is 30.9 Å². The number of nitrogens with one attached hydrogen (secondary N) is 2. The molecule has 2 atom stereocenters. The van der Waals surface area contributed by atoms with Gasteiger partial charge >= 0.3 is 7.12 Å². The van der Waals surface area contributed by atoms with E-state index in [1.807, 2.05) is 44.2 Å². The van der Waals surface area contributed by atoms with Gasteiger partial charge in [-0.3, -0.25) is 14.6 Å². The van der Waals surface area contributed by atoms with Crippen LogP contribution < -0.4 is 10.6 Å². The quantitative estimate of drug-likeness (QED) is 0.463. The van der Waals surface area contributed by atoms with Gasteiger partial charge in [-0.1, -0.05) is 44.2 Å². The number of carbonyl (C=O) groups is 2. The maximum absolute atomic E-state index is 12.8. The average molecular weight is 384 g/mol. The molecule has 0 saturated heterocycles. The molecular formula is C19H25BN4O4. The molecule has 0 bridgehead atoms. The predicted molar refractivity (Wildman–Crippen MR) is 105 cm³/mol. The van der Waals surface area contributed by atoms with Crippen molar-refractivity contribution in [2.45, 2.75) is 38.7 Å². The molecule has 2 aromatic rings. The molecule has 0 radical (unpaired) electrons. The fraction of sp³-hybridized carbons (Fsp3) is 0.368. The maximum Gasteiger partial charge on any atom is 0.475 e. The molecule has 2 amide bonds. The third-order valence-electron chi connectivity index (χ3n) is 4.11. The summed E-state index contributed by atoms with van der Waals surface area (Å²) in [4.78, 5) is 33.1. The summed E-state index contributed by atoms with van der Waals surface area (Å²) in [5.74, 6) is -1.72. The van der Waals surface area contributed by atoms with E-state index >= 15 is 0 Å². The molecule has 0 saturated carbocycles. The first-order valence-electron chi connectivity index (χ1n) is 9.14. The third-order valence-corrected chi connectivity index (χ3v) is 4.11. The summed E-state index contributed by atoms with van der Waals surface area (Å²) in [7, 11) is -1.69. The minimum atomic E-state index is -1.69. The highest BCUT2D eigenvalue weighted by Gasteiger charge is 2.30. The smallest absolute Gasteiger partial charge is 0.426 e. The number of amides is 2. The molecule has 0 spiro atoms. The maximum atomic E-state index is 12.8. The summed E-state index contributed by atoms with van der Waals surface area (Å²) in [6.45, 7) is 3.83. The summed E-state index contributed by atoms with van der Waals surface area (Å²) in [5, 5.41) is 24.5. The first-order valence-corrected chi connectivity index (χ1v) is 9.14. The normalized spacial score (nSPS) is 12.9. The third kappa shape index (κ3) is 6.75. The summed E-state index contributed by atoms with van der Waals surface area (Å²) in [6.07, 6.45) is 4.78. The zero-order valence-corrected chi connectivity index (χ0v) is 15.9. The molecule has 4 N–H and O–H groups in total. The number of hydrogen-bond acceptors (Lipinski definition) is 6. The van der Waals surface area contributed by atoms with Crippen LogP contribution in [0.15, 0.2) is 48.9 Å². The topological polar surface area (TPSA) is 124 Å². The Bertz CT molecular complexity index is 759. The van der Waals surface area contributed by atoms with Crippen molar-refractivity contribution >= 4 is 18.9 Å². The highest BCUT2D eigenvalue weighted by atomic mass is 16.4. The Hall–Kier alpha value is -2.78. The molecule has 0 aliphatic carbocycles. The van der Waals surface area contributed by atoms with Crippen molar-refractivity contribution in [3.05, 3.63) is 60.2 Å². The van der Waals surface area contributed by atoms with Gasteiger partial charge in [-0.25, -0.2) is 4.98 Å². The van der Waals surface area contributed by atoms with Gasteiger partial charge in [0.15, 0.2) is 0 Å². The van der Waals surface area contributed by atoms with Crippen molar-refractivity contribution in [1.29, 1.82) is 0 Å². The van der Waals surface area contributed by atoms with Gasteiger partial charge in [0.2, 0.25) is 5.91 Å². The highest BCUT2D eigenvalue weighted by Crippen LogP contribution is 2.09. The lowest BCUT2D eigenvalue weighted by Crippen LogP contribution is -2.55. The lowest BCUT2D eigenvalue weighted by atomic mass is 9.75. The van der Waals surface area contributed by atoms with E-state index in [2.05, 4.69) is 20.6 Å². The fourth-order valence-electron chi connectivity index (χ4n) is 2.75. The molecule has 0 fully saturated rings. The van der Waals surface area contributed by atoms with Crippen LogP contribution in [0, 0.1) is 5.92 Å². The van der Waals surface area contributed by atoms with Crippen molar-refractivity contribution in [2.24, 2.45) is 5.92 Å². The second-order valence-electron chi connectivity index (χ2n) is 6.96. The van der Waals surface area contributed by atoms with E-state index in [9.17, 15) is 19.6 Å². The molecule has 2 rings (SSSR count). The molecule has 0 aliphatic rings. The van der Waals surface area contributed by atoms with Gasteiger partial charge in [0.1, 0.15) is 11.7 Å². The standard InChI is InChI=1S/C19H25BN4O4/c1-13(2)10-17(20(27)28)24-18(25)15(11-14-6-4-3-5-7-14)23-19(26)16-12-21-8-9-22-16/h3-9,12-13,15,17,27-28H,10-11H2,1-2H3,(H,23,26)(H,24,25)/t15?,17-/m0/s1. The van der Waals surface area contributed by atoms with Crippen LogP contribution in [0.4, 0.5) is 0 Å². The molecule has 28 heavy (non-hydrogen) atoms. The number of benzene rings is 1. The van der Waals surface area contributed by atoms with Gasteiger partial charge in [0, 0.05) is 18.8 Å². The monoisotopic (exact) mass is 384 g/mol. The first-order chi connectivity index (χ1) is 13.4. The van der Waals surface area contributed by atoms with E-state index in [1.54, 1.807) is 0 Å². The minimum absolute atomic E-state index is 0.0919. The molecule has 8 nitrogen and oxygen atoms in total. The lowest BCUT2D eigenvalue weighted by Gasteiger charge is -2.24. The summed E-state index contributed by atoms with van der Waals surface area (Å²) >= 11 is 0. The Balaban J connectivity index is 2.16. The van der Waals surface area contributed by atoms with Crippen LogP contribution in [-0.2, 0) is 11.2 Å². The number of nitrogens with zero attached hydrogens (tertiary/aromatic N) is 2. The van der Waals surface area contributed by atoms with E-state index in [0.717, 1.165) is 5.56 Å². The van der Waals surface area contributed by atoms with Gasteiger partial charge in [0.25, 0.3) is 5.91 Å². The lowest BCUT2D eigenvalue weighted by molar-refractivity contribution is -0.123. The van der Waals surface area contributed by atoms with Crippen molar-refractivity contribution in [2.75, 3.05) is 0 Å². The Kier molecular flexibility index (Phi) is 8.10. The Morgan fingerprint density at radius 3 is 2.39 bits per heavy atom. The summed E-state index contributed by atoms with van der Waals surface area (Å²) in [6, 6.07) is 8.33. The van der Waals surface area contributed by atoms with Crippen LogP contribution in [-0.4, -0.2) is 50.9 Å². The number of rotatable bonds is 9. The van der Waals surface area contributed by atoms with Crippen LogP contribution in [0.2, 0.25) is 0 Å². The zero-order valence-electron chi connectivity index (χ0n) is 15.9. The van der Waals surface area contributed by atoms with Crippen LogP contribution in [0.25, 0.3) is 0 Å². The molecule has 148 valence electrons. The van der Waals surface area contributed by atoms with Crippen LogP contribution in [0.3, 0.4) is 0 Å². The van der Waals surface area contributed by atoms with Crippen LogP contribution in [0.1, 0.15) is 36.3 Å². The molecule has 0 aliphatic heterocycles. The fourth-order valence-corrected chi connectivity index (χ4v) is 2.75. The average Bonchev–Trinajstić information content (AvgIpc) is 2.68. The molecule has 1 aromatic heterocycles. The van der Waals surface area contributed by atoms with Crippen LogP contribution >= 0.6 is 0 Å². The zero-order chi connectivity index (χ0) is 20.5. The van der Waals surface area contributed by atoms with Gasteiger partial charge < -0.3 is 20.7 Å². The SMILES string of the molecule is CC(C)C[C@H](NC(=O)C(Cc1ccccc1)NC(=O)c1cnccn1)B(O)O. The van der Waals surface area contributed by atoms with Gasteiger partial charge in [-0.15, -0.1) is 0 Å². The molecule has 1 unspecified atom stereocenters. The summed E-state index contributed by atoms with van der Waals surface area (Å²) < 4.78 is 0. The van der Waals surface area contributed by atoms with Crippen molar-refractivity contribution < 1.29 is 19.6 Å². The minimum Gasteiger partial charge on any atom is -0.426 e. The Morgan fingerprint density at radius 1 is 1.11 bits per heavy atom. The van der Waals surface area contributed by atoms with Gasteiger partial charge in [0.05, 0.1) is 12.1 Å². The van der Waals surface area contributed by atoms with Gasteiger partial charge in [-0.2, -0.15) is 0 Å². The second-order valence-corrected chi connectivity index (χ2v) is 6.96. The highest BCUT2D eigenvalue weighted by molar-refractivity contribution is 6.43. The molecular weight excluding hydrogens is 359 g/mol. The number of aromatic nitrogens is 2. The van der Waals surface area contributed by atoms with E-state index in [-0.39, 0.29) is 18.0 Å². The van der Waals surface area contributed by atoms with E-state index in [4.69, 9.17) is 0 Å². The molecule has 1 heterocycles. The van der Waals surface area contributed by atoms with E-state index in [0.29, 0.717) is 6.42 Å². The number of hydrogen-bond donors (Lipinski definition) is 4. The Labute approximate surface area is 164 Å². The largest absolute Gasteiger partial charge is 0.475 e. The summed E-state index contributed by atoms with van der Waals surface area (Å²) in [5.41, 5.74) is 0.946. The molecule has 1 aromatic carbocycles. The van der Waals surface area contributed by atoms with Crippen molar-refractivity contribution in [1.82, 2.24) is 20.6 Å². The van der Waals surface area contributed by atoms with Crippen LogP contribution in [0.5, 0.6) is 0 Å². The molecule has 9 heteroatoms. The predicted octanol–water partition coefficient (Wildman–Crippen LogP) is 0.361. The van der Waals surface area contributed by atoms with Gasteiger partial charge in [-0.05, 0) is 17.9 Å². The number of carbonyl (C=O) groups excluding carboxylic acids is 2.